The molecule has 0 saturated carbocycles. The summed E-state index contributed by atoms with van der Waals surface area (Å²) in [7, 11) is 0. The first-order valence-corrected chi connectivity index (χ1v) is 6.76. The van der Waals surface area contributed by atoms with E-state index < -0.39 is 18.0 Å². The monoisotopic (exact) mass is 317 g/mol. The van der Waals surface area contributed by atoms with Gasteiger partial charge in [-0.05, 0) is 30.7 Å². The van der Waals surface area contributed by atoms with E-state index in [9.17, 15) is 9.18 Å². The SMILES string of the molecule is Cc1cn(-c2ccc(N3CC(CN=[N+]=[N-])OC3=O)cc2F)nn1. The first kappa shape index (κ1) is 14.8. The summed E-state index contributed by atoms with van der Waals surface area (Å²) in [6.07, 6.45) is 0.448. The molecular weight excluding hydrogens is 305 g/mol. The highest BCUT2D eigenvalue weighted by Crippen LogP contribution is 2.25. The Morgan fingerprint density at radius 2 is 2.39 bits per heavy atom. The quantitative estimate of drug-likeness (QED) is 0.489. The number of carbonyl (C=O) groups is 1. The Balaban J connectivity index is 1.83. The predicted molar refractivity (Wildman–Crippen MR) is 77.7 cm³/mol. The van der Waals surface area contributed by atoms with Crippen LogP contribution in [0.25, 0.3) is 16.1 Å². The number of anilines is 1. The molecule has 9 nitrogen and oxygen atoms in total. The topological polar surface area (TPSA) is 109 Å². The van der Waals surface area contributed by atoms with E-state index in [1.807, 2.05) is 0 Å². The van der Waals surface area contributed by atoms with Crippen molar-refractivity contribution in [2.75, 3.05) is 18.0 Å². The average molecular weight is 317 g/mol. The van der Waals surface area contributed by atoms with Gasteiger partial charge in [0.15, 0.2) is 5.82 Å². The fourth-order valence-corrected chi connectivity index (χ4v) is 2.27. The molecule has 1 saturated heterocycles. The number of rotatable bonds is 4. The molecule has 1 amide bonds. The van der Waals surface area contributed by atoms with E-state index in [1.54, 1.807) is 19.2 Å². The maximum Gasteiger partial charge on any atom is 0.414 e. The maximum absolute atomic E-state index is 14.3. The molecular formula is C13H12FN7O2. The minimum atomic E-state index is -0.605. The minimum absolute atomic E-state index is 0.0392. The summed E-state index contributed by atoms with van der Waals surface area (Å²) in [5.41, 5.74) is 9.55. The van der Waals surface area contributed by atoms with Crippen LogP contribution in [0.5, 0.6) is 0 Å². The molecule has 1 atom stereocenters. The molecule has 2 aromatic rings. The lowest BCUT2D eigenvalue weighted by Gasteiger charge is -2.14. The number of halogens is 1. The summed E-state index contributed by atoms with van der Waals surface area (Å²) < 4.78 is 20.7. The molecule has 3 rings (SSSR count). The highest BCUT2D eigenvalue weighted by Gasteiger charge is 2.32. The van der Waals surface area contributed by atoms with Crippen LogP contribution < -0.4 is 4.90 Å². The Hall–Kier alpha value is -3.13. The summed E-state index contributed by atoms with van der Waals surface area (Å²) in [6, 6.07) is 4.32. The number of azide groups is 1. The molecule has 0 aliphatic carbocycles. The second-order valence-electron chi connectivity index (χ2n) is 4.97. The predicted octanol–water partition coefficient (Wildman–Crippen LogP) is 2.35. The molecule has 0 N–H and O–H groups in total. The highest BCUT2D eigenvalue weighted by atomic mass is 19.1. The van der Waals surface area contributed by atoms with Crippen LogP contribution >= 0.6 is 0 Å². The zero-order valence-corrected chi connectivity index (χ0v) is 12.1. The van der Waals surface area contributed by atoms with Gasteiger partial charge in [0, 0.05) is 4.91 Å². The van der Waals surface area contributed by atoms with Crippen molar-refractivity contribution < 1.29 is 13.9 Å². The number of carbonyl (C=O) groups excluding carboxylic acids is 1. The van der Waals surface area contributed by atoms with Gasteiger partial charge in [0.25, 0.3) is 0 Å². The van der Waals surface area contributed by atoms with Gasteiger partial charge in [0.05, 0.1) is 30.7 Å². The number of benzene rings is 1. The molecule has 10 heteroatoms. The van der Waals surface area contributed by atoms with E-state index in [4.69, 9.17) is 10.3 Å². The maximum atomic E-state index is 14.3. The fourth-order valence-electron chi connectivity index (χ4n) is 2.27. The molecule has 1 unspecified atom stereocenters. The first-order valence-electron chi connectivity index (χ1n) is 6.76. The highest BCUT2D eigenvalue weighted by molar-refractivity contribution is 5.89. The number of aryl methyl sites for hydroxylation is 1. The zero-order chi connectivity index (χ0) is 16.4. The second kappa shape index (κ2) is 5.93. The van der Waals surface area contributed by atoms with Crippen LogP contribution in [0.4, 0.5) is 14.9 Å². The number of cyclic esters (lactones) is 1. The third kappa shape index (κ3) is 2.92. The first-order chi connectivity index (χ1) is 11.1. The van der Waals surface area contributed by atoms with Crippen LogP contribution in [0.2, 0.25) is 0 Å². The number of hydrogen-bond acceptors (Lipinski definition) is 5. The van der Waals surface area contributed by atoms with Gasteiger partial charge in [-0.25, -0.2) is 13.9 Å². The number of hydrogen-bond donors (Lipinski definition) is 0. The van der Waals surface area contributed by atoms with Crippen molar-refractivity contribution in [1.82, 2.24) is 15.0 Å². The Morgan fingerprint density at radius 3 is 3.04 bits per heavy atom. The van der Waals surface area contributed by atoms with Crippen molar-refractivity contribution in [2.24, 2.45) is 5.11 Å². The number of nitrogens with zero attached hydrogens (tertiary/aromatic N) is 7. The molecule has 118 valence electrons. The van der Waals surface area contributed by atoms with Crippen LogP contribution in [0, 0.1) is 12.7 Å². The smallest absolute Gasteiger partial charge is 0.414 e. The van der Waals surface area contributed by atoms with Gasteiger partial charge in [-0.15, -0.1) is 5.10 Å². The van der Waals surface area contributed by atoms with E-state index >= 15 is 0 Å². The van der Waals surface area contributed by atoms with Gasteiger partial charge in [0.1, 0.15) is 11.8 Å². The molecule has 0 spiro atoms. The molecule has 0 bridgehead atoms. The Labute approximate surface area is 129 Å². The lowest BCUT2D eigenvalue weighted by molar-refractivity contribution is 0.145. The van der Waals surface area contributed by atoms with Crippen LogP contribution in [-0.4, -0.2) is 40.3 Å². The molecule has 1 fully saturated rings. The third-order valence-electron chi connectivity index (χ3n) is 3.32. The van der Waals surface area contributed by atoms with Crippen molar-refractivity contribution in [3.63, 3.8) is 0 Å². The minimum Gasteiger partial charge on any atom is -0.444 e. The van der Waals surface area contributed by atoms with E-state index in [-0.39, 0.29) is 18.8 Å². The van der Waals surface area contributed by atoms with Gasteiger partial charge in [-0.1, -0.05) is 10.3 Å². The van der Waals surface area contributed by atoms with Gasteiger partial charge in [-0.3, -0.25) is 4.90 Å². The van der Waals surface area contributed by atoms with Gasteiger partial charge in [-0.2, -0.15) is 0 Å². The van der Waals surface area contributed by atoms with Crippen LogP contribution in [-0.2, 0) is 4.74 Å². The normalized spacial score (nSPS) is 17.0. The van der Waals surface area contributed by atoms with Gasteiger partial charge >= 0.3 is 6.09 Å². The standard InChI is InChI=1S/C13H12FN7O2/c1-8-6-21(19-17-8)12-3-2-9(4-11(12)14)20-7-10(5-16-18-15)23-13(20)22/h2-4,6,10H,5,7H2,1H3. The summed E-state index contributed by atoms with van der Waals surface area (Å²) >= 11 is 0. The van der Waals surface area contributed by atoms with Crippen molar-refractivity contribution in [1.29, 1.82) is 0 Å². The van der Waals surface area contributed by atoms with Crippen molar-refractivity contribution in [3.05, 3.63) is 46.3 Å². The molecule has 23 heavy (non-hydrogen) atoms. The lowest BCUT2D eigenvalue weighted by atomic mass is 10.2. The lowest BCUT2D eigenvalue weighted by Crippen LogP contribution is -2.25. The molecule has 1 aromatic carbocycles. The van der Waals surface area contributed by atoms with Gasteiger partial charge in [0.2, 0.25) is 0 Å². The summed E-state index contributed by atoms with van der Waals surface area (Å²) in [6.45, 7) is 1.98. The van der Waals surface area contributed by atoms with E-state index in [2.05, 4.69) is 20.3 Å². The molecule has 1 aliphatic rings. The number of ether oxygens (including phenoxy) is 1. The summed E-state index contributed by atoms with van der Waals surface area (Å²) in [4.78, 5) is 15.7. The van der Waals surface area contributed by atoms with Crippen LogP contribution in [0.15, 0.2) is 29.5 Å². The molecule has 1 aliphatic heterocycles. The van der Waals surface area contributed by atoms with Crippen molar-refractivity contribution in [3.8, 4) is 5.69 Å². The number of aromatic nitrogens is 3. The molecule has 2 heterocycles. The van der Waals surface area contributed by atoms with Crippen LogP contribution in [0.1, 0.15) is 5.69 Å². The van der Waals surface area contributed by atoms with E-state index in [0.29, 0.717) is 11.4 Å². The van der Waals surface area contributed by atoms with Crippen molar-refractivity contribution in [2.45, 2.75) is 13.0 Å². The Bertz CT molecular complexity index is 799. The summed E-state index contributed by atoms with van der Waals surface area (Å²) in [5, 5.41) is 11.0. The zero-order valence-electron chi connectivity index (χ0n) is 12.1. The second-order valence-corrected chi connectivity index (χ2v) is 4.97. The molecule has 0 radical (unpaired) electrons. The van der Waals surface area contributed by atoms with E-state index in [0.717, 1.165) is 0 Å². The number of amides is 1. The summed E-state index contributed by atoms with van der Waals surface area (Å²) in [5.74, 6) is -0.543. The Morgan fingerprint density at radius 1 is 1.57 bits per heavy atom. The van der Waals surface area contributed by atoms with Gasteiger partial charge < -0.3 is 4.74 Å². The average Bonchev–Trinajstić information content (AvgIpc) is 3.11. The Kier molecular flexibility index (Phi) is 3.82. The molecule has 1 aromatic heterocycles. The van der Waals surface area contributed by atoms with E-state index in [1.165, 1.54) is 21.7 Å². The largest absolute Gasteiger partial charge is 0.444 e. The van der Waals surface area contributed by atoms with Crippen molar-refractivity contribution >= 4 is 11.8 Å². The fraction of sp³-hybridized carbons (Fsp3) is 0.308. The third-order valence-corrected chi connectivity index (χ3v) is 3.32. The van der Waals surface area contributed by atoms with Crippen LogP contribution in [0.3, 0.4) is 0 Å².